The third kappa shape index (κ3) is 4.98. The van der Waals surface area contributed by atoms with E-state index in [0.29, 0.717) is 6.54 Å². The maximum Gasteiger partial charge on any atom is 0.330 e. The summed E-state index contributed by atoms with van der Waals surface area (Å²) >= 11 is 0. The second-order valence-electron chi connectivity index (χ2n) is 7.10. The maximum absolute atomic E-state index is 12.8. The molecule has 5 amide bonds. The van der Waals surface area contributed by atoms with Crippen LogP contribution in [0.25, 0.3) is 0 Å². The molecule has 1 aliphatic rings. The Morgan fingerprint density at radius 2 is 1.59 bits per heavy atom. The number of amides is 5. The Morgan fingerprint density at radius 3 is 2.07 bits per heavy atom. The Morgan fingerprint density at radius 1 is 1.03 bits per heavy atom. The molecule has 0 aliphatic carbocycles. The van der Waals surface area contributed by atoms with E-state index in [-0.39, 0.29) is 23.5 Å². The molecular weight excluding hydrogens is 378 g/mol. The number of benzene rings is 1. The van der Waals surface area contributed by atoms with Gasteiger partial charge in [-0.1, -0.05) is 26.0 Å². The zero-order valence-corrected chi connectivity index (χ0v) is 16.9. The highest BCUT2D eigenvalue weighted by molar-refractivity contribution is 6.22. The Hall–Kier alpha value is -3.23. The summed E-state index contributed by atoms with van der Waals surface area (Å²) in [6, 6.07) is 4.43. The number of hydrogen-bond donors (Lipinski definition) is 2. The summed E-state index contributed by atoms with van der Waals surface area (Å²) in [5.74, 6) is -2.88. The number of urea groups is 1. The van der Waals surface area contributed by atoms with Crippen LogP contribution in [0.3, 0.4) is 0 Å². The summed E-state index contributed by atoms with van der Waals surface area (Å²) in [6.07, 6.45) is -1.11. The lowest BCUT2D eigenvalue weighted by atomic mass is 10.0. The van der Waals surface area contributed by atoms with Crippen LogP contribution < -0.4 is 10.6 Å². The Kier molecular flexibility index (Phi) is 7.08. The lowest BCUT2D eigenvalue weighted by molar-refractivity contribution is -0.158. The molecule has 1 aromatic carbocycles. The minimum absolute atomic E-state index is 0.0312. The molecule has 2 rings (SSSR count). The monoisotopic (exact) mass is 403 g/mol. The third-order valence-electron chi connectivity index (χ3n) is 4.34. The zero-order chi connectivity index (χ0) is 21.7. The van der Waals surface area contributed by atoms with Gasteiger partial charge in [0.05, 0.1) is 11.1 Å². The molecule has 9 heteroatoms. The number of fused-ring (bicyclic) bond motifs is 1. The average Bonchev–Trinajstić information content (AvgIpc) is 2.90. The van der Waals surface area contributed by atoms with Crippen molar-refractivity contribution >= 4 is 29.7 Å². The third-order valence-corrected chi connectivity index (χ3v) is 4.34. The first-order valence-electron chi connectivity index (χ1n) is 9.43. The van der Waals surface area contributed by atoms with Crippen molar-refractivity contribution < 1.29 is 28.7 Å². The molecule has 0 unspecified atom stereocenters. The molecule has 0 saturated heterocycles. The van der Waals surface area contributed by atoms with Crippen LogP contribution in [-0.2, 0) is 14.3 Å². The molecular formula is C20H25N3O6. The van der Waals surface area contributed by atoms with Crippen molar-refractivity contribution in [3.8, 4) is 0 Å². The van der Waals surface area contributed by atoms with Gasteiger partial charge in [0, 0.05) is 6.54 Å². The number of nitrogens with one attached hydrogen (secondary N) is 2. The van der Waals surface area contributed by atoms with Crippen molar-refractivity contribution in [2.75, 3.05) is 6.54 Å². The standard InChI is InChI=1S/C20H25N3O6/c1-5-21-20(28)22-16(24)12(4)29-19(27)15(10-11(2)3)23-17(25)13-8-6-7-9-14(13)18(23)26/h6-9,11-12,15H,5,10H2,1-4H3,(H2,21,22,24,28)/t12-,15+/m1/s1. The van der Waals surface area contributed by atoms with Crippen LogP contribution in [0.4, 0.5) is 4.79 Å². The molecule has 156 valence electrons. The largest absolute Gasteiger partial charge is 0.451 e. The minimum Gasteiger partial charge on any atom is -0.451 e. The Balaban J connectivity index is 2.17. The molecule has 0 saturated carbocycles. The van der Waals surface area contributed by atoms with E-state index in [2.05, 4.69) is 10.6 Å². The highest BCUT2D eigenvalue weighted by Gasteiger charge is 2.44. The van der Waals surface area contributed by atoms with Crippen molar-refractivity contribution in [2.45, 2.75) is 46.3 Å². The van der Waals surface area contributed by atoms with Gasteiger partial charge in [-0.05, 0) is 38.3 Å². The van der Waals surface area contributed by atoms with Gasteiger partial charge < -0.3 is 10.1 Å². The minimum atomic E-state index is -1.28. The molecule has 9 nitrogen and oxygen atoms in total. The number of carbonyl (C=O) groups excluding carboxylic acids is 5. The molecule has 0 spiro atoms. The number of ether oxygens (including phenoxy) is 1. The van der Waals surface area contributed by atoms with Crippen molar-refractivity contribution in [3.05, 3.63) is 35.4 Å². The molecule has 1 aliphatic heterocycles. The van der Waals surface area contributed by atoms with Crippen LogP contribution in [0.15, 0.2) is 24.3 Å². The first-order valence-corrected chi connectivity index (χ1v) is 9.43. The van der Waals surface area contributed by atoms with Gasteiger partial charge in [-0.2, -0.15) is 0 Å². The van der Waals surface area contributed by atoms with E-state index in [9.17, 15) is 24.0 Å². The lowest BCUT2D eigenvalue weighted by Gasteiger charge is -2.27. The highest BCUT2D eigenvalue weighted by atomic mass is 16.5. The van der Waals surface area contributed by atoms with Crippen molar-refractivity contribution in [1.29, 1.82) is 0 Å². The summed E-state index contributed by atoms with van der Waals surface area (Å²) in [6.45, 7) is 6.99. The van der Waals surface area contributed by atoms with Crippen LogP contribution in [-0.4, -0.2) is 53.3 Å². The van der Waals surface area contributed by atoms with Gasteiger partial charge in [0.2, 0.25) is 0 Å². The molecule has 2 atom stereocenters. The second kappa shape index (κ2) is 9.31. The summed E-state index contributed by atoms with van der Waals surface area (Å²) < 4.78 is 5.19. The van der Waals surface area contributed by atoms with Crippen molar-refractivity contribution in [2.24, 2.45) is 5.92 Å². The van der Waals surface area contributed by atoms with E-state index in [1.807, 2.05) is 13.8 Å². The SMILES string of the molecule is CCNC(=O)NC(=O)[C@@H](C)OC(=O)[C@H](CC(C)C)N1C(=O)c2ccccc2C1=O. The van der Waals surface area contributed by atoms with E-state index < -0.39 is 41.9 Å². The molecule has 0 bridgehead atoms. The Labute approximate surface area is 168 Å². The molecule has 1 heterocycles. The van der Waals surface area contributed by atoms with Gasteiger partial charge >= 0.3 is 12.0 Å². The summed E-state index contributed by atoms with van der Waals surface area (Å²) in [7, 11) is 0. The fraction of sp³-hybridized carbons (Fsp3) is 0.450. The fourth-order valence-corrected chi connectivity index (χ4v) is 2.97. The van der Waals surface area contributed by atoms with Gasteiger partial charge in [-0.25, -0.2) is 9.59 Å². The first-order chi connectivity index (χ1) is 13.7. The normalized spacial score (nSPS) is 15.0. The van der Waals surface area contributed by atoms with E-state index in [1.54, 1.807) is 19.1 Å². The number of imide groups is 2. The van der Waals surface area contributed by atoms with E-state index in [0.717, 1.165) is 4.90 Å². The van der Waals surface area contributed by atoms with Crippen LogP contribution >= 0.6 is 0 Å². The molecule has 0 aromatic heterocycles. The predicted molar refractivity (Wildman–Crippen MR) is 103 cm³/mol. The number of hydrogen-bond acceptors (Lipinski definition) is 6. The van der Waals surface area contributed by atoms with Crippen LogP contribution in [0, 0.1) is 5.92 Å². The zero-order valence-electron chi connectivity index (χ0n) is 16.9. The predicted octanol–water partition coefficient (Wildman–Crippen LogP) is 1.47. The number of carbonyl (C=O) groups is 5. The molecule has 0 fully saturated rings. The van der Waals surface area contributed by atoms with Crippen molar-refractivity contribution in [1.82, 2.24) is 15.5 Å². The smallest absolute Gasteiger partial charge is 0.330 e. The van der Waals surface area contributed by atoms with E-state index in [4.69, 9.17) is 4.74 Å². The number of rotatable bonds is 7. The summed E-state index contributed by atoms with van der Waals surface area (Å²) in [5.41, 5.74) is 0.446. The van der Waals surface area contributed by atoms with Crippen LogP contribution in [0.5, 0.6) is 0 Å². The van der Waals surface area contributed by atoms with Gasteiger partial charge in [0.15, 0.2) is 6.10 Å². The average molecular weight is 403 g/mol. The van der Waals surface area contributed by atoms with Crippen LogP contribution in [0.1, 0.15) is 54.8 Å². The van der Waals surface area contributed by atoms with Crippen LogP contribution in [0.2, 0.25) is 0 Å². The number of esters is 1. The second-order valence-corrected chi connectivity index (χ2v) is 7.10. The van der Waals surface area contributed by atoms with E-state index >= 15 is 0 Å². The topological polar surface area (TPSA) is 122 Å². The number of nitrogens with zero attached hydrogens (tertiary/aromatic N) is 1. The quantitative estimate of drug-likeness (QED) is 0.525. The summed E-state index contributed by atoms with van der Waals surface area (Å²) in [5, 5.41) is 4.44. The molecule has 2 N–H and O–H groups in total. The van der Waals surface area contributed by atoms with Gasteiger partial charge in [0.1, 0.15) is 6.04 Å². The Bertz CT molecular complexity index is 800. The highest BCUT2D eigenvalue weighted by Crippen LogP contribution is 2.27. The molecule has 0 radical (unpaired) electrons. The maximum atomic E-state index is 12.8. The van der Waals surface area contributed by atoms with Gasteiger partial charge in [-0.15, -0.1) is 0 Å². The lowest BCUT2D eigenvalue weighted by Crippen LogP contribution is -2.49. The van der Waals surface area contributed by atoms with Crippen molar-refractivity contribution in [3.63, 3.8) is 0 Å². The fourth-order valence-electron chi connectivity index (χ4n) is 2.97. The van der Waals surface area contributed by atoms with Gasteiger partial charge in [0.25, 0.3) is 17.7 Å². The van der Waals surface area contributed by atoms with Gasteiger partial charge in [-0.3, -0.25) is 24.6 Å². The summed E-state index contributed by atoms with van der Waals surface area (Å²) in [4.78, 5) is 62.7. The molecule has 29 heavy (non-hydrogen) atoms. The van der Waals surface area contributed by atoms with E-state index in [1.165, 1.54) is 19.1 Å². The molecule has 1 aromatic rings. The first kappa shape index (κ1) is 22.1.